The van der Waals surface area contributed by atoms with Crippen LogP contribution < -0.4 is 0 Å². The molecule has 214 valence electrons. The Morgan fingerprint density at radius 1 is 0.583 bits per heavy atom. The van der Waals surface area contributed by atoms with Crippen LogP contribution in [0.15, 0.2) is 0 Å². The van der Waals surface area contributed by atoms with Gasteiger partial charge < -0.3 is 5.11 Å². The maximum atomic E-state index is 12.0. The summed E-state index contributed by atoms with van der Waals surface area (Å²) in [6.45, 7) is 20.3. The second kappa shape index (κ2) is 15.9. The highest BCUT2D eigenvalue weighted by Crippen LogP contribution is 2.26. The minimum Gasteiger partial charge on any atom is -0.393 e. The van der Waals surface area contributed by atoms with E-state index in [1.54, 1.807) is 27.7 Å². The largest absolute Gasteiger partial charge is 0.393 e. The Hall–Kier alpha value is -1.18. The summed E-state index contributed by atoms with van der Waals surface area (Å²) in [6, 6.07) is 0. The Kier molecular flexibility index (Phi) is 15.4. The number of aliphatic hydroxyl groups is 1. The summed E-state index contributed by atoms with van der Waals surface area (Å²) in [6.07, 6.45) is 8.17. The van der Waals surface area contributed by atoms with Gasteiger partial charge in [-0.05, 0) is 64.2 Å². The van der Waals surface area contributed by atoms with Crippen molar-refractivity contribution >= 4 is 11.9 Å². The molecule has 7 nitrogen and oxygen atoms in total. The van der Waals surface area contributed by atoms with Gasteiger partial charge in [0.05, 0.1) is 6.10 Å². The van der Waals surface area contributed by atoms with E-state index in [0.717, 1.165) is 51.4 Å². The smallest absolute Gasteiger partial charge is 0.342 e. The summed E-state index contributed by atoms with van der Waals surface area (Å²) in [7, 11) is 0. The van der Waals surface area contributed by atoms with E-state index >= 15 is 0 Å². The molecule has 0 fully saturated rings. The molecule has 36 heavy (non-hydrogen) atoms. The van der Waals surface area contributed by atoms with Gasteiger partial charge in [-0.2, -0.15) is 9.78 Å². The fourth-order valence-corrected chi connectivity index (χ4v) is 3.88. The molecule has 0 atom stereocenters. The minimum absolute atomic E-state index is 0.223. The second-order valence-electron chi connectivity index (χ2n) is 13.9. The van der Waals surface area contributed by atoms with E-state index in [4.69, 9.17) is 19.6 Å². The monoisotopic (exact) mass is 516 g/mol. The zero-order valence-corrected chi connectivity index (χ0v) is 25.0. The highest BCUT2D eigenvalue weighted by molar-refractivity contribution is 5.68. The fraction of sp³-hybridized carbons (Fsp3) is 0.931. The predicted octanol–water partition coefficient (Wildman–Crippen LogP) is 7.63. The zero-order valence-electron chi connectivity index (χ0n) is 25.0. The van der Waals surface area contributed by atoms with Crippen LogP contribution in [0.2, 0.25) is 0 Å². The molecule has 0 rings (SSSR count). The van der Waals surface area contributed by atoms with Crippen molar-refractivity contribution in [2.45, 2.75) is 164 Å². The van der Waals surface area contributed by atoms with E-state index in [-0.39, 0.29) is 12.8 Å². The van der Waals surface area contributed by atoms with E-state index in [1.807, 2.05) is 0 Å². The molecular formula is C29H56O7. The lowest BCUT2D eigenvalue weighted by Crippen LogP contribution is -2.36. The third-order valence-electron chi connectivity index (χ3n) is 5.79. The number of carbonyl (C=O) groups excluding carboxylic acids is 2. The first-order valence-corrected chi connectivity index (χ1v) is 13.8. The van der Waals surface area contributed by atoms with Crippen LogP contribution in [-0.2, 0) is 29.1 Å². The van der Waals surface area contributed by atoms with E-state index in [0.29, 0.717) is 23.7 Å². The summed E-state index contributed by atoms with van der Waals surface area (Å²) in [5.74, 6) is -0.801. The zero-order chi connectivity index (χ0) is 28.0. The SMILES string of the molecule is CC(C)(C)CCCCCC(=O)OOC(C)(C)CC(O)CC(C)(C)OOC(=O)CCCCCC(C)(C)C. The van der Waals surface area contributed by atoms with Crippen LogP contribution in [0, 0.1) is 10.8 Å². The van der Waals surface area contributed by atoms with Crippen LogP contribution in [0.3, 0.4) is 0 Å². The van der Waals surface area contributed by atoms with Gasteiger partial charge in [-0.3, -0.25) is 9.78 Å². The summed E-state index contributed by atoms with van der Waals surface area (Å²) in [5, 5.41) is 10.5. The summed E-state index contributed by atoms with van der Waals surface area (Å²) in [5.41, 5.74) is -1.13. The summed E-state index contributed by atoms with van der Waals surface area (Å²) >= 11 is 0. The molecule has 0 aromatic rings. The molecule has 0 radical (unpaired) electrons. The molecule has 0 aliphatic rings. The van der Waals surface area contributed by atoms with E-state index < -0.39 is 29.2 Å². The second-order valence-corrected chi connectivity index (χ2v) is 13.9. The Morgan fingerprint density at radius 3 is 1.22 bits per heavy atom. The number of aliphatic hydroxyl groups excluding tert-OH is 1. The number of unbranched alkanes of at least 4 members (excludes halogenated alkanes) is 4. The first kappa shape index (κ1) is 34.8. The average Bonchev–Trinajstić information content (AvgIpc) is 2.68. The van der Waals surface area contributed by atoms with E-state index in [2.05, 4.69) is 41.5 Å². The Bertz CT molecular complexity index is 573. The molecule has 0 aliphatic heterocycles. The summed E-state index contributed by atoms with van der Waals surface area (Å²) < 4.78 is 0. The molecule has 0 aromatic carbocycles. The van der Waals surface area contributed by atoms with Crippen LogP contribution in [0.5, 0.6) is 0 Å². The molecule has 0 spiro atoms. The van der Waals surface area contributed by atoms with Crippen LogP contribution in [0.25, 0.3) is 0 Å². The molecule has 1 N–H and O–H groups in total. The van der Waals surface area contributed by atoms with Gasteiger partial charge in [-0.1, -0.05) is 67.2 Å². The lowest BCUT2D eigenvalue weighted by molar-refractivity contribution is -0.337. The first-order chi connectivity index (χ1) is 16.3. The van der Waals surface area contributed by atoms with Crippen molar-refractivity contribution in [3.63, 3.8) is 0 Å². The van der Waals surface area contributed by atoms with Crippen molar-refractivity contribution in [3.8, 4) is 0 Å². The standard InChI is InChI=1S/C29H56O7/c1-26(2,3)19-15-11-13-17-24(31)33-35-28(7,8)21-23(30)22-29(9,10)36-34-25(32)18-14-12-16-20-27(4,5)6/h23,30H,11-22H2,1-10H3. The van der Waals surface area contributed by atoms with Crippen molar-refractivity contribution in [1.82, 2.24) is 0 Å². The van der Waals surface area contributed by atoms with Gasteiger partial charge in [-0.25, -0.2) is 9.59 Å². The molecule has 0 unspecified atom stereocenters. The Morgan fingerprint density at radius 2 is 0.917 bits per heavy atom. The normalized spacial score (nSPS) is 13.2. The van der Waals surface area contributed by atoms with Gasteiger partial charge in [0.25, 0.3) is 0 Å². The van der Waals surface area contributed by atoms with Gasteiger partial charge in [0.15, 0.2) is 0 Å². The van der Waals surface area contributed by atoms with Crippen molar-refractivity contribution < 1.29 is 34.2 Å². The highest BCUT2D eigenvalue weighted by Gasteiger charge is 2.32. The third-order valence-corrected chi connectivity index (χ3v) is 5.79. The molecule has 0 saturated carbocycles. The Labute approximate surface area is 220 Å². The van der Waals surface area contributed by atoms with Crippen molar-refractivity contribution in [2.75, 3.05) is 0 Å². The molecule has 0 amide bonds. The molecule has 0 heterocycles. The number of rotatable bonds is 18. The highest BCUT2D eigenvalue weighted by atomic mass is 17.2. The number of hydrogen-bond donors (Lipinski definition) is 1. The molecule has 0 saturated heterocycles. The lowest BCUT2D eigenvalue weighted by Gasteiger charge is -2.30. The third kappa shape index (κ3) is 22.1. The predicted molar refractivity (Wildman–Crippen MR) is 143 cm³/mol. The minimum atomic E-state index is -0.874. The molecule has 0 aromatic heterocycles. The maximum Gasteiger partial charge on any atom is 0.342 e. The van der Waals surface area contributed by atoms with Crippen LogP contribution in [0.4, 0.5) is 0 Å². The van der Waals surface area contributed by atoms with Gasteiger partial charge in [0, 0.05) is 25.7 Å². The average molecular weight is 517 g/mol. The van der Waals surface area contributed by atoms with Gasteiger partial charge in [-0.15, -0.1) is 0 Å². The Balaban J connectivity index is 4.17. The van der Waals surface area contributed by atoms with Crippen LogP contribution in [0.1, 0.15) is 146 Å². The number of carbonyl (C=O) groups is 2. The fourth-order valence-electron chi connectivity index (χ4n) is 3.88. The van der Waals surface area contributed by atoms with E-state index in [1.165, 1.54) is 0 Å². The molecule has 0 aliphatic carbocycles. The summed E-state index contributed by atoms with van der Waals surface area (Å²) in [4.78, 5) is 44.6. The topological polar surface area (TPSA) is 91.3 Å². The molecular weight excluding hydrogens is 460 g/mol. The van der Waals surface area contributed by atoms with E-state index in [9.17, 15) is 14.7 Å². The first-order valence-electron chi connectivity index (χ1n) is 13.8. The quantitative estimate of drug-likeness (QED) is 0.114. The maximum absolute atomic E-state index is 12.0. The van der Waals surface area contributed by atoms with Crippen molar-refractivity contribution in [1.29, 1.82) is 0 Å². The van der Waals surface area contributed by atoms with Crippen molar-refractivity contribution in [3.05, 3.63) is 0 Å². The van der Waals surface area contributed by atoms with Crippen molar-refractivity contribution in [2.24, 2.45) is 10.8 Å². The lowest BCUT2D eigenvalue weighted by atomic mass is 9.89. The van der Waals surface area contributed by atoms with Gasteiger partial charge >= 0.3 is 11.9 Å². The van der Waals surface area contributed by atoms with Crippen LogP contribution in [-0.4, -0.2) is 34.4 Å². The molecule has 7 heteroatoms. The number of hydrogen-bond acceptors (Lipinski definition) is 7. The van der Waals surface area contributed by atoms with Crippen LogP contribution >= 0.6 is 0 Å². The molecule has 0 bridgehead atoms. The van der Waals surface area contributed by atoms with Gasteiger partial charge in [0.1, 0.15) is 11.2 Å². The van der Waals surface area contributed by atoms with Gasteiger partial charge in [0.2, 0.25) is 0 Å².